The number of halogens is 1. The Kier molecular flexibility index (Phi) is 4.04. The second-order valence-corrected chi connectivity index (χ2v) is 5.26. The fraction of sp³-hybridized carbons (Fsp3) is 0.385. The molecule has 6 nitrogen and oxygen atoms in total. The zero-order valence-electron chi connectivity index (χ0n) is 11.2. The van der Waals surface area contributed by atoms with Gasteiger partial charge in [0, 0.05) is 25.8 Å². The molecule has 2 rings (SSSR count). The number of rotatable bonds is 2. The van der Waals surface area contributed by atoms with Crippen LogP contribution in [0.15, 0.2) is 12.1 Å². The zero-order valence-corrected chi connectivity index (χ0v) is 12.0. The van der Waals surface area contributed by atoms with Crippen molar-refractivity contribution < 1.29 is 9.59 Å². The van der Waals surface area contributed by atoms with Crippen molar-refractivity contribution in [3.05, 3.63) is 22.7 Å². The van der Waals surface area contributed by atoms with E-state index in [0.29, 0.717) is 29.5 Å². The first-order valence-corrected chi connectivity index (χ1v) is 6.65. The van der Waals surface area contributed by atoms with Crippen LogP contribution in [-0.4, -0.2) is 43.4 Å². The lowest BCUT2D eigenvalue weighted by Gasteiger charge is -2.25. The summed E-state index contributed by atoms with van der Waals surface area (Å²) in [6.45, 7) is 1.47. The van der Waals surface area contributed by atoms with Crippen LogP contribution in [0.3, 0.4) is 0 Å². The van der Waals surface area contributed by atoms with Crippen molar-refractivity contribution in [3.8, 4) is 0 Å². The molecule has 0 saturated carbocycles. The molecule has 1 aliphatic heterocycles. The maximum atomic E-state index is 12.0. The standard InChI is InChI=1S/C13H17ClN4O2/c1-17-3-2-4-18(7-11(17)19)12-9(13(16)20)5-8(15)6-10(12)14/h5-6H,2-4,7,15H2,1H3,(H2,16,20). The van der Waals surface area contributed by atoms with Crippen LogP contribution in [0.25, 0.3) is 0 Å². The number of carbonyl (C=O) groups excluding carboxylic acids is 2. The molecule has 1 aromatic rings. The van der Waals surface area contributed by atoms with Gasteiger partial charge in [-0.2, -0.15) is 0 Å². The Morgan fingerprint density at radius 1 is 1.35 bits per heavy atom. The molecule has 0 bridgehead atoms. The van der Waals surface area contributed by atoms with Crippen molar-refractivity contribution in [2.45, 2.75) is 6.42 Å². The number of primary amides is 1. The zero-order chi connectivity index (χ0) is 14.9. The highest BCUT2D eigenvalue weighted by atomic mass is 35.5. The van der Waals surface area contributed by atoms with Crippen LogP contribution < -0.4 is 16.4 Å². The molecule has 4 N–H and O–H groups in total. The molecule has 2 amide bonds. The van der Waals surface area contributed by atoms with Crippen LogP contribution in [0.1, 0.15) is 16.8 Å². The van der Waals surface area contributed by atoms with Gasteiger partial charge in [0.15, 0.2) is 0 Å². The van der Waals surface area contributed by atoms with Gasteiger partial charge in [0.05, 0.1) is 22.8 Å². The number of nitrogens with zero attached hydrogens (tertiary/aromatic N) is 2. The molecule has 1 fully saturated rings. The predicted molar refractivity (Wildman–Crippen MR) is 78.8 cm³/mol. The van der Waals surface area contributed by atoms with Crippen LogP contribution >= 0.6 is 11.6 Å². The topological polar surface area (TPSA) is 92.7 Å². The third-order valence-corrected chi connectivity index (χ3v) is 3.63. The number of nitrogens with two attached hydrogens (primary N) is 2. The van der Waals surface area contributed by atoms with Gasteiger partial charge in [-0.1, -0.05) is 11.6 Å². The molecule has 1 aromatic carbocycles. The van der Waals surface area contributed by atoms with E-state index in [0.717, 1.165) is 6.42 Å². The number of carbonyl (C=O) groups is 2. The maximum Gasteiger partial charge on any atom is 0.250 e. The van der Waals surface area contributed by atoms with E-state index < -0.39 is 5.91 Å². The van der Waals surface area contributed by atoms with E-state index >= 15 is 0 Å². The van der Waals surface area contributed by atoms with E-state index in [1.165, 1.54) is 6.07 Å². The Morgan fingerprint density at radius 3 is 2.70 bits per heavy atom. The first-order chi connectivity index (χ1) is 9.40. The van der Waals surface area contributed by atoms with Crippen LogP contribution in [0.2, 0.25) is 5.02 Å². The summed E-state index contributed by atoms with van der Waals surface area (Å²) in [4.78, 5) is 27.0. The molecule has 0 spiro atoms. The van der Waals surface area contributed by atoms with Gasteiger partial charge in [-0.15, -0.1) is 0 Å². The van der Waals surface area contributed by atoms with Crippen LogP contribution in [0.4, 0.5) is 11.4 Å². The van der Waals surface area contributed by atoms with Crippen LogP contribution in [-0.2, 0) is 4.79 Å². The van der Waals surface area contributed by atoms with Gasteiger partial charge in [0.25, 0.3) is 5.91 Å². The van der Waals surface area contributed by atoms with Gasteiger partial charge in [-0.25, -0.2) is 0 Å². The highest BCUT2D eigenvalue weighted by Crippen LogP contribution is 2.33. The molecule has 1 heterocycles. The van der Waals surface area contributed by atoms with E-state index in [2.05, 4.69) is 0 Å². The summed E-state index contributed by atoms with van der Waals surface area (Å²) in [6.07, 6.45) is 0.793. The molecule has 0 atom stereocenters. The van der Waals surface area contributed by atoms with E-state index in [1.54, 1.807) is 22.9 Å². The Hall–Kier alpha value is -1.95. The SMILES string of the molecule is CN1CCCN(c2c(Cl)cc(N)cc2C(N)=O)CC1=O. The highest BCUT2D eigenvalue weighted by Gasteiger charge is 2.24. The van der Waals surface area contributed by atoms with Crippen molar-refractivity contribution in [1.82, 2.24) is 4.90 Å². The van der Waals surface area contributed by atoms with E-state index in [1.807, 2.05) is 0 Å². The summed E-state index contributed by atoms with van der Waals surface area (Å²) < 4.78 is 0. The fourth-order valence-corrected chi connectivity index (χ4v) is 2.65. The van der Waals surface area contributed by atoms with Gasteiger partial charge in [-0.05, 0) is 18.6 Å². The highest BCUT2D eigenvalue weighted by molar-refractivity contribution is 6.34. The number of nitrogen functional groups attached to an aromatic ring is 1. The van der Waals surface area contributed by atoms with Crippen molar-refractivity contribution >= 4 is 34.8 Å². The largest absolute Gasteiger partial charge is 0.399 e. The van der Waals surface area contributed by atoms with E-state index in [-0.39, 0.29) is 18.0 Å². The average Bonchev–Trinajstić information content (AvgIpc) is 2.51. The summed E-state index contributed by atoms with van der Waals surface area (Å²) >= 11 is 6.20. The van der Waals surface area contributed by atoms with Gasteiger partial charge in [-0.3, -0.25) is 9.59 Å². The lowest BCUT2D eigenvalue weighted by molar-refractivity contribution is -0.127. The number of likely N-dealkylation sites (N-methyl/N-ethyl adjacent to an activating group) is 1. The summed E-state index contributed by atoms with van der Waals surface area (Å²) in [6, 6.07) is 3.05. The fourth-order valence-electron chi connectivity index (χ4n) is 2.31. The number of benzene rings is 1. The molecule has 1 aliphatic rings. The summed E-state index contributed by atoms with van der Waals surface area (Å²) in [5, 5.41) is 0.330. The molecule has 0 unspecified atom stereocenters. The number of amides is 2. The monoisotopic (exact) mass is 296 g/mol. The lowest BCUT2D eigenvalue weighted by atomic mass is 10.1. The molecule has 0 aromatic heterocycles. The third kappa shape index (κ3) is 2.80. The van der Waals surface area contributed by atoms with Crippen LogP contribution in [0.5, 0.6) is 0 Å². The average molecular weight is 297 g/mol. The minimum absolute atomic E-state index is 0.0224. The second kappa shape index (κ2) is 5.58. The summed E-state index contributed by atoms with van der Waals surface area (Å²) in [5.74, 6) is -0.634. The predicted octanol–water partition coefficient (Wildman–Crippen LogP) is 0.690. The first-order valence-electron chi connectivity index (χ1n) is 6.28. The molecule has 0 aliphatic carbocycles. The smallest absolute Gasteiger partial charge is 0.250 e. The van der Waals surface area contributed by atoms with E-state index in [4.69, 9.17) is 23.1 Å². The molecular weight excluding hydrogens is 280 g/mol. The Morgan fingerprint density at radius 2 is 2.05 bits per heavy atom. The van der Waals surface area contributed by atoms with Crippen molar-refractivity contribution in [3.63, 3.8) is 0 Å². The molecule has 7 heteroatoms. The summed E-state index contributed by atoms with van der Waals surface area (Å²) in [5.41, 5.74) is 12.2. The Balaban J connectivity index is 2.46. The van der Waals surface area contributed by atoms with Gasteiger partial charge < -0.3 is 21.3 Å². The summed E-state index contributed by atoms with van der Waals surface area (Å²) in [7, 11) is 1.76. The Labute approximate surface area is 122 Å². The number of hydrogen-bond donors (Lipinski definition) is 2. The number of anilines is 2. The van der Waals surface area contributed by atoms with Crippen molar-refractivity contribution in [1.29, 1.82) is 0 Å². The minimum atomic E-state index is -0.612. The maximum absolute atomic E-state index is 12.0. The van der Waals surface area contributed by atoms with Gasteiger partial charge >= 0.3 is 0 Å². The minimum Gasteiger partial charge on any atom is -0.399 e. The molecule has 0 radical (unpaired) electrons. The normalized spacial score (nSPS) is 16.2. The van der Waals surface area contributed by atoms with Crippen molar-refractivity contribution in [2.75, 3.05) is 37.3 Å². The molecule has 1 saturated heterocycles. The third-order valence-electron chi connectivity index (χ3n) is 3.34. The van der Waals surface area contributed by atoms with Gasteiger partial charge in [0.1, 0.15) is 0 Å². The Bertz CT molecular complexity index is 562. The quantitative estimate of drug-likeness (QED) is 0.785. The second-order valence-electron chi connectivity index (χ2n) is 4.85. The van der Waals surface area contributed by atoms with E-state index in [9.17, 15) is 9.59 Å². The first kappa shape index (κ1) is 14.5. The lowest BCUT2D eigenvalue weighted by Crippen LogP contribution is -2.35. The molecule has 108 valence electrons. The van der Waals surface area contributed by atoms with Crippen molar-refractivity contribution in [2.24, 2.45) is 5.73 Å². The molecular formula is C13H17ClN4O2. The van der Waals surface area contributed by atoms with Crippen LogP contribution in [0, 0.1) is 0 Å². The van der Waals surface area contributed by atoms with Gasteiger partial charge in [0.2, 0.25) is 5.91 Å². The number of hydrogen-bond acceptors (Lipinski definition) is 4. The molecule has 20 heavy (non-hydrogen) atoms.